The van der Waals surface area contributed by atoms with Crippen molar-refractivity contribution in [3.63, 3.8) is 0 Å². The van der Waals surface area contributed by atoms with E-state index in [0.29, 0.717) is 6.54 Å². The zero-order valence-corrected chi connectivity index (χ0v) is 10.7. The molecular formula is C10H22N4O2. The smallest absolute Gasteiger partial charge is 0.327 e. The molecule has 6 nitrogen and oxygen atoms in total. The topological polar surface area (TPSA) is 64.7 Å². The molecule has 6 heteroatoms. The van der Waals surface area contributed by atoms with Crippen molar-refractivity contribution in [2.45, 2.75) is 19.9 Å². The first-order chi connectivity index (χ1) is 7.38. The number of hydrogen-bond acceptors (Lipinski definition) is 4. The van der Waals surface area contributed by atoms with Crippen molar-refractivity contribution in [2.75, 3.05) is 34.2 Å². The van der Waals surface area contributed by atoms with E-state index < -0.39 is 6.04 Å². The van der Waals surface area contributed by atoms with Gasteiger partial charge in [0.25, 0.3) is 0 Å². The van der Waals surface area contributed by atoms with Crippen molar-refractivity contribution in [3.8, 4) is 0 Å². The van der Waals surface area contributed by atoms with Crippen LogP contribution in [0.25, 0.3) is 0 Å². The van der Waals surface area contributed by atoms with E-state index in [-0.39, 0.29) is 11.8 Å². The van der Waals surface area contributed by atoms with Crippen LogP contribution in [0.4, 0.5) is 4.79 Å². The number of nitrogens with one attached hydrogen (secondary N) is 2. The summed E-state index contributed by atoms with van der Waals surface area (Å²) in [5.74, 6) is -0.0583. The highest BCUT2D eigenvalue weighted by Crippen LogP contribution is 1.89. The molecule has 0 heterocycles. The molecule has 0 aromatic carbocycles. The van der Waals surface area contributed by atoms with Gasteiger partial charge in [-0.1, -0.05) is 0 Å². The van der Waals surface area contributed by atoms with Crippen LogP contribution in [-0.2, 0) is 4.79 Å². The average Bonchev–Trinajstić information content (AvgIpc) is 2.17. The Labute approximate surface area is 96.9 Å². The van der Waals surface area contributed by atoms with E-state index in [1.807, 2.05) is 19.0 Å². The van der Waals surface area contributed by atoms with Crippen LogP contribution in [-0.4, -0.2) is 62.0 Å². The Morgan fingerprint density at radius 3 is 2.19 bits per heavy atom. The zero-order chi connectivity index (χ0) is 12.7. The molecule has 0 fully saturated rings. The molecule has 0 radical (unpaired) electrons. The summed E-state index contributed by atoms with van der Waals surface area (Å²) in [6.45, 7) is 4.43. The number of urea groups is 1. The predicted octanol–water partition coefficient (Wildman–Crippen LogP) is -0.328. The van der Waals surface area contributed by atoms with E-state index in [1.54, 1.807) is 14.0 Å². The van der Waals surface area contributed by atoms with Gasteiger partial charge in [-0.25, -0.2) is 10.2 Å². The molecule has 0 saturated heterocycles. The molecule has 94 valence electrons. The second-order valence-corrected chi connectivity index (χ2v) is 3.96. The second-order valence-electron chi connectivity index (χ2n) is 3.96. The first-order valence-electron chi connectivity index (χ1n) is 5.29. The van der Waals surface area contributed by atoms with Gasteiger partial charge in [-0.3, -0.25) is 9.80 Å². The van der Waals surface area contributed by atoms with Crippen LogP contribution in [0, 0.1) is 0 Å². The number of nitrogens with zero attached hydrogens (tertiary/aromatic N) is 2. The van der Waals surface area contributed by atoms with Gasteiger partial charge in [-0.15, -0.1) is 0 Å². The fourth-order valence-corrected chi connectivity index (χ4v) is 0.980. The molecule has 0 spiro atoms. The summed E-state index contributed by atoms with van der Waals surface area (Å²) in [4.78, 5) is 24.7. The molecule has 0 aliphatic heterocycles. The van der Waals surface area contributed by atoms with Crippen molar-refractivity contribution in [2.24, 2.45) is 0 Å². The van der Waals surface area contributed by atoms with Crippen molar-refractivity contribution in [3.05, 3.63) is 0 Å². The maximum atomic E-state index is 11.7. The lowest BCUT2D eigenvalue weighted by molar-refractivity contribution is -0.118. The highest BCUT2D eigenvalue weighted by molar-refractivity contribution is 5.86. The SMILES string of the molecule is CNN(CCN(C)C)C(=O)N[C@@H](C)C(C)=O. The van der Waals surface area contributed by atoms with E-state index >= 15 is 0 Å². The van der Waals surface area contributed by atoms with Gasteiger partial charge in [-0.2, -0.15) is 0 Å². The number of hydrazine groups is 1. The summed E-state index contributed by atoms with van der Waals surface area (Å²) < 4.78 is 0. The Morgan fingerprint density at radius 1 is 1.25 bits per heavy atom. The van der Waals surface area contributed by atoms with E-state index in [2.05, 4.69) is 10.7 Å². The Hall–Kier alpha value is -1.14. The van der Waals surface area contributed by atoms with Gasteiger partial charge < -0.3 is 10.2 Å². The molecule has 16 heavy (non-hydrogen) atoms. The number of carbonyl (C=O) groups excluding carboxylic acids is 2. The first kappa shape index (κ1) is 14.9. The van der Waals surface area contributed by atoms with Crippen LogP contribution in [0.3, 0.4) is 0 Å². The molecule has 0 aliphatic rings. The van der Waals surface area contributed by atoms with E-state index in [0.717, 1.165) is 6.54 Å². The normalized spacial score (nSPS) is 12.4. The van der Waals surface area contributed by atoms with Crippen molar-refractivity contribution in [1.82, 2.24) is 20.7 Å². The third-order valence-corrected chi connectivity index (χ3v) is 2.24. The van der Waals surface area contributed by atoms with Crippen LogP contribution < -0.4 is 10.7 Å². The number of hydrogen-bond donors (Lipinski definition) is 2. The van der Waals surface area contributed by atoms with E-state index in [1.165, 1.54) is 11.9 Å². The van der Waals surface area contributed by atoms with Crippen LogP contribution in [0.2, 0.25) is 0 Å². The fourth-order valence-electron chi connectivity index (χ4n) is 0.980. The molecule has 0 unspecified atom stereocenters. The Balaban J connectivity index is 4.15. The molecule has 0 rings (SSSR count). The average molecular weight is 230 g/mol. The molecule has 2 N–H and O–H groups in total. The number of Topliss-reactive ketones (excluding diaryl/α,β-unsaturated/α-hetero) is 1. The van der Waals surface area contributed by atoms with Crippen LogP contribution in [0.15, 0.2) is 0 Å². The van der Waals surface area contributed by atoms with Crippen molar-refractivity contribution < 1.29 is 9.59 Å². The fraction of sp³-hybridized carbons (Fsp3) is 0.800. The van der Waals surface area contributed by atoms with Gasteiger partial charge in [0, 0.05) is 13.6 Å². The van der Waals surface area contributed by atoms with Gasteiger partial charge in [0.1, 0.15) is 0 Å². The quantitative estimate of drug-likeness (QED) is 0.613. The van der Waals surface area contributed by atoms with Gasteiger partial charge in [0.2, 0.25) is 0 Å². The zero-order valence-electron chi connectivity index (χ0n) is 10.7. The van der Waals surface area contributed by atoms with Crippen LogP contribution in [0.1, 0.15) is 13.8 Å². The summed E-state index contributed by atoms with van der Waals surface area (Å²) in [5.41, 5.74) is 2.78. The van der Waals surface area contributed by atoms with E-state index in [4.69, 9.17) is 0 Å². The van der Waals surface area contributed by atoms with Crippen molar-refractivity contribution in [1.29, 1.82) is 0 Å². The highest BCUT2D eigenvalue weighted by atomic mass is 16.2. The Bertz CT molecular complexity index is 243. The molecule has 1 atom stereocenters. The number of likely N-dealkylation sites (N-methyl/N-ethyl adjacent to an activating group) is 1. The lowest BCUT2D eigenvalue weighted by atomic mass is 10.2. The lowest BCUT2D eigenvalue weighted by Crippen LogP contribution is -2.52. The van der Waals surface area contributed by atoms with Crippen molar-refractivity contribution >= 4 is 11.8 Å². The number of carbonyl (C=O) groups is 2. The monoisotopic (exact) mass is 230 g/mol. The molecule has 0 aromatic heterocycles. The first-order valence-corrected chi connectivity index (χ1v) is 5.29. The number of ketones is 1. The standard InChI is InChI=1S/C10H22N4O2/c1-8(9(2)15)12-10(16)14(11-3)7-6-13(4)5/h8,11H,6-7H2,1-5H3,(H,12,16)/t8-/m0/s1. The predicted molar refractivity (Wildman–Crippen MR) is 63.0 cm³/mol. The Kier molecular flexibility index (Phi) is 6.67. The second kappa shape index (κ2) is 7.19. The van der Waals surface area contributed by atoms with E-state index in [9.17, 15) is 9.59 Å². The molecular weight excluding hydrogens is 208 g/mol. The summed E-state index contributed by atoms with van der Waals surface area (Å²) in [6, 6.07) is -0.741. The maximum Gasteiger partial charge on any atom is 0.332 e. The summed E-state index contributed by atoms with van der Waals surface area (Å²) >= 11 is 0. The van der Waals surface area contributed by atoms with Gasteiger partial charge in [0.15, 0.2) is 5.78 Å². The minimum Gasteiger partial charge on any atom is -0.327 e. The molecule has 0 saturated carbocycles. The summed E-state index contributed by atoms with van der Waals surface area (Å²) in [7, 11) is 5.54. The minimum atomic E-state index is -0.456. The number of amides is 2. The molecule has 0 aliphatic carbocycles. The van der Waals surface area contributed by atoms with Gasteiger partial charge in [0.05, 0.1) is 12.6 Å². The third-order valence-electron chi connectivity index (χ3n) is 2.24. The Morgan fingerprint density at radius 2 is 1.81 bits per heavy atom. The molecule has 2 amide bonds. The summed E-state index contributed by atoms with van der Waals surface area (Å²) in [5, 5.41) is 4.05. The van der Waals surface area contributed by atoms with Gasteiger partial charge >= 0.3 is 6.03 Å². The van der Waals surface area contributed by atoms with Gasteiger partial charge in [-0.05, 0) is 27.9 Å². The van der Waals surface area contributed by atoms with Crippen LogP contribution >= 0.6 is 0 Å². The maximum absolute atomic E-state index is 11.7. The minimum absolute atomic E-state index is 0.0583. The lowest BCUT2D eigenvalue weighted by Gasteiger charge is -2.24. The number of rotatable bonds is 6. The molecule has 0 bridgehead atoms. The largest absolute Gasteiger partial charge is 0.332 e. The molecule has 0 aromatic rings. The highest BCUT2D eigenvalue weighted by Gasteiger charge is 2.16. The third kappa shape index (κ3) is 5.67. The summed E-state index contributed by atoms with van der Waals surface area (Å²) in [6.07, 6.45) is 0. The van der Waals surface area contributed by atoms with Crippen LogP contribution in [0.5, 0.6) is 0 Å².